The molecule has 0 spiro atoms. The molecule has 0 bridgehead atoms. The first-order chi connectivity index (χ1) is 10.0. The molecule has 6 heteroatoms. The number of ether oxygens (including phenoxy) is 1. The van der Waals surface area contributed by atoms with Crippen molar-refractivity contribution in [2.24, 2.45) is 5.73 Å². The second-order valence-electron chi connectivity index (χ2n) is 4.71. The maximum Gasteiger partial charge on any atom is 0.314 e. The first kappa shape index (κ1) is 14.9. The summed E-state index contributed by atoms with van der Waals surface area (Å²) in [5, 5.41) is 11.1. The molecule has 2 rings (SSSR count). The molecule has 1 aromatic heterocycles. The van der Waals surface area contributed by atoms with Gasteiger partial charge in [-0.2, -0.15) is 0 Å². The predicted octanol–water partition coefficient (Wildman–Crippen LogP) is 3.50. The number of aromatic nitrogens is 1. The van der Waals surface area contributed by atoms with Gasteiger partial charge in [0.25, 0.3) is 0 Å². The fourth-order valence-electron chi connectivity index (χ4n) is 1.96. The quantitative estimate of drug-likeness (QED) is 0.671. The summed E-state index contributed by atoms with van der Waals surface area (Å²) in [4.78, 5) is 14.9. The van der Waals surface area contributed by atoms with Crippen molar-refractivity contribution in [3.05, 3.63) is 57.9 Å². The van der Waals surface area contributed by atoms with Crippen molar-refractivity contribution in [2.75, 3.05) is 0 Å². The standard InChI is InChI=1S/C15H17N3O3/c1-3-12(16)13-8-7-11(9-17-13)21-14-6-4-5-10(2)15(14)18(19)20/h4-9,12H,3,16H2,1-2H3. The minimum atomic E-state index is -0.445. The third kappa shape index (κ3) is 3.35. The van der Waals surface area contributed by atoms with Crippen molar-refractivity contribution in [1.29, 1.82) is 0 Å². The van der Waals surface area contributed by atoms with Crippen molar-refractivity contribution in [3.63, 3.8) is 0 Å². The Kier molecular flexibility index (Phi) is 4.49. The van der Waals surface area contributed by atoms with Crippen LogP contribution in [0.5, 0.6) is 11.5 Å². The third-order valence-corrected chi connectivity index (χ3v) is 3.19. The zero-order valence-electron chi connectivity index (χ0n) is 11.9. The minimum Gasteiger partial charge on any atom is -0.448 e. The summed E-state index contributed by atoms with van der Waals surface area (Å²) in [6.07, 6.45) is 2.31. The van der Waals surface area contributed by atoms with Crippen molar-refractivity contribution in [1.82, 2.24) is 4.98 Å². The van der Waals surface area contributed by atoms with Crippen molar-refractivity contribution < 1.29 is 9.66 Å². The van der Waals surface area contributed by atoms with Gasteiger partial charge in [-0.15, -0.1) is 0 Å². The highest BCUT2D eigenvalue weighted by atomic mass is 16.6. The number of pyridine rings is 1. The molecular weight excluding hydrogens is 270 g/mol. The molecule has 6 nitrogen and oxygen atoms in total. The molecule has 0 fully saturated rings. The molecule has 0 amide bonds. The number of para-hydroxylation sites is 1. The minimum absolute atomic E-state index is 0.0353. The Morgan fingerprint density at radius 1 is 1.38 bits per heavy atom. The van der Waals surface area contributed by atoms with E-state index in [0.717, 1.165) is 12.1 Å². The zero-order valence-corrected chi connectivity index (χ0v) is 11.9. The first-order valence-electron chi connectivity index (χ1n) is 6.66. The highest BCUT2D eigenvalue weighted by Crippen LogP contribution is 2.33. The van der Waals surface area contributed by atoms with Gasteiger partial charge in [0.05, 0.1) is 16.8 Å². The van der Waals surface area contributed by atoms with E-state index in [4.69, 9.17) is 10.5 Å². The summed E-state index contributed by atoms with van der Waals surface area (Å²) < 4.78 is 5.58. The fourth-order valence-corrected chi connectivity index (χ4v) is 1.96. The van der Waals surface area contributed by atoms with Gasteiger partial charge >= 0.3 is 5.69 Å². The van der Waals surface area contributed by atoms with E-state index in [1.165, 1.54) is 6.20 Å². The molecule has 21 heavy (non-hydrogen) atoms. The Labute approximate surface area is 122 Å². The third-order valence-electron chi connectivity index (χ3n) is 3.19. The van der Waals surface area contributed by atoms with E-state index >= 15 is 0 Å². The molecule has 0 aliphatic heterocycles. The Bertz CT molecular complexity index is 641. The molecule has 1 atom stereocenters. The molecule has 110 valence electrons. The van der Waals surface area contributed by atoms with Crippen LogP contribution in [0.25, 0.3) is 0 Å². The maximum atomic E-state index is 11.1. The molecule has 0 saturated carbocycles. The molecule has 1 aromatic carbocycles. The van der Waals surface area contributed by atoms with Crippen LogP contribution in [0.3, 0.4) is 0 Å². The van der Waals surface area contributed by atoms with Crippen molar-refractivity contribution >= 4 is 5.69 Å². The summed E-state index contributed by atoms with van der Waals surface area (Å²) >= 11 is 0. The molecule has 0 radical (unpaired) electrons. The van der Waals surface area contributed by atoms with Crippen LogP contribution in [0.1, 0.15) is 30.6 Å². The smallest absolute Gasteiger partial charge is 0.314 e. The number of rotatable bonds is 5. The fraction of sp³-hybridized carbons (Fsp3) is 0.267. The number of nitrogens with two attached hydrogens (primary N) is 1. The second-order valence-corrected chi connectivity index (χ2v) is 4.71. The second kappa shape index (κ2) is 6.32. The molecule has 1 heterocycles. The average molecular weight is 287 g/mol. The Balaban J connectivity index is 2.27. The van der Waals surface area contributed by atoms with E-state index in [2.05, 4.69) is 4.98 Å². The Morgan fingerprint density at radius 3 is 2.71 bits per heavy atom. The largest absolute Gasteiger partial charge is 0.448 e. The summed E-state index contributed by atoms with van der Waals surface area (Å²) in [6, 6.07) is 8.32. The van der Waals surface area contributed by atoms with E-state index in [9.17, 15) is 10.1 Å². The van der Waals surface area contributed by atoms with Gasteiger partial charge in [0.15, 0.2) is 0 Å². The Morgan fingerprint density at radius 2 is 2.14 bits per heavy atom. The van der Waals surface area contributed by atoms with Gasteiger partial charge in [-0.3, -0.25) is 15.1 Å². The van der Waals surface area contributed by atoms with Gasteiger partial charge in [0.1, 0.15) is 5.75 Å². The van der Waals surface area contributed by atoms with E-state index in [-0.39, 0.29) is 17.5 Å². The lowest BCUT2D eigenvalue weighted by Gasteiger charge is -2.10. The number of nitro groups is 1. The SMILES string of the molecule is CCC(N)c1ccc(Oc2cccc(C)c2[N+](=O)[O-])cn1. The first-order valence-corrected chi connectivity index (χ1v) is 6.66. The van der Waals surface area contributed by atoms with Crippen LogP contribution in [0.2, 0.25) is 0 Å². The number of hydrogen-bond acceptors (Lipinski definition) is 5. The van der Waals surface area contributed by atoms with E-state index < -0.39 is 4.92 Å². The Hall–Kier alpha value is -2.47. The van der Waals surface area contributed by atoms with E-state index in [1.807, 2.05) is 6.92 Å². The monoisotopic (exact) mass is 287 g/mol. The highest BCUT2D eigenvalue weighted by molar-refractivity contribution is 5.53. The summed E-state index contributed by atoms with van der Waals surface area (Å²) in [5.74, 6) is 0.644. The number of aryl methyl sites for hydroxylation is 1. The van der Waals surface area contributed by atoms with E-state index in [0.29, 0.717) is 11.3 Å². The lowest BCUT2D eigenvalue weighted by Crippen LogP contribution is -2.10. The summed E-state index contributed by atoms with van der Waals surface area (Å²) in [5.41, 5.74) is 7.17. The molecule has 0 aliphatic rings. The molecule has 0 aliphatic carbocycles. The molecule has 1 unspecified atom stereocenters. The van der Waals surface area contributed by atoms with Crippen molar-refractivity contribution in [2.45, 2.75) is 26.3 Å². The molecular formula is C15H17N3O3. The van der Waals surface area contributed by atoms with Crippen LogP contribution in [0, 0.1) is 17.0 Å². The van der Waals surface area contributed by atoms with Gasteiger partial charge in [-0.25, -0.2) is 0 Å². The van der Waals surface area contributed by atoms with Gasteiger partial charge in [0.2, 0.25) is 5.75 Å². The predicted molar refractivity (Wildman–Crippen MR) is 79.4 cm³/mol. The van der Waals surface area contributed by atoms with Crippen molar-refractivity contribution in [3.8, 4) is 11.5 Å². The summed E-state index contributed by atoms with van der Waals surface area (Å²) in [7, 11) is 0. The molecule has 2 aromatic rings. The van der Waals surface area contributed by atoms with Gasteiger partial charge in [-0.1, -0.05) is 19.1 Å². The lowest BCUT2D eigenvalue weighted by atomic mass is 10.1. The van der Waals surface area contributed by atoms with Crippen LogP contribution in [0.15, 0.2) is 36.5 Å². The number of hydrogen-bond donors (Lipinski definition) is 1. The lowest BCUT2D eigenvalue weighted by molar-refractivity contribution is -0.386. The van der Waals surface area contributed by atoms with Crippen LogP contribution >= 0.6 is 0 Å². The highest BCUT2D eigenvalue weighted by Gasteiger charge is 2.18. The van der Waals surface area contributed by atoms with Crippen LogP contribution < -0.4 is 10.5 Å². The van der Waals surface area contributed by atoms with Crippen LogP contribution in [-0.2, 0) is 0 Å². The zero-order chi connectivity index (χ0) is 15.4. The maximum absolute atomic E-state index is 11.1. The topological polar surface area (TPSA) is 91.3 Å². The van der Waals surface area contributed by atoms with E-state index in [1.54, 1.807) is 37.3 Å². The van der Waals surface area contributed by atoms with Gasteiger partial charge in [-0.05, 0) is 31.5 Å². The van der Waals surface area contributed by atoms with Crippen LogP contribution in [-0.4, -0.2) is 9.91 Å². The molecule has 2 N–H and O–H groups in total. The van der Waals surface area contributed by atoms with Gasteiger partial charge in [0, 0.05) is 11.6 Å². The normalized spacial score (nSPS) is 12.0. The van der Waals surface area contributed by atoms with Gasteiger partial charge < -0.3 is 10.5 Å². The summed E-state index contributed by atoms with van der Waals surface area (Å²) in [6.45, 7) is 3.65. The number of nitro benzene ring substituents is 1. The average Bonchev–Trinajstić information content (AvgIpc) is 2.47. The van der Waals surface area contributed by atoms with Crippen LogP contribution in [0.4, 0.5) is 5.69 Å². The number of benzene rings is 1. The molecule has 0 saturated heterocycles. The number of nitrogens with zero attached hydrogens (tertiary/aromatic N) is 2.